The Hall–Kier alpha value is -6.05. The Morgan fingerprint density at radius 3 is 1.23 bits per heavy atom. The second kappa shape index (κ2) is 25.0. The predicted octanol–water partition coefficient (Wildman–Crippen LogP) is 8.82. The molecule has 6 N–H and O–H groups in total. The van der Waals surface area contributed by atoms with Crippen LogP contribution in [0.15, 0.2) is 115 Å². The van der Waals surface area contributed by atoms with Crippen LogP contribution in [0.1, 0.15) is 63.1 Å². The standard InChI is InChI=1S/2C23H29N5O5S.Co/c2*1-15(2)33-13-5-12-24-34(31,32)19-10-11-21(29)20(14-19)25-26-22-17(4)27-28(23(22)30)18-8-6-16(3)7-9-18;/h2*6-11,14-15,24,29-30H,5,12-13H2,1-4H3;. The number of ether oxygens (including phenoxy) is 2. The van der Waals surface area contributed by atoms with Gasteiger partial charge in [0.15, 0.2) is 11.4 Å². The van der Waals surface area contributed by atoms with Crippen molar-refractivity contribution in [1.29, 1.82) is 0 Å². The number of sulfonamides is 2. The smallest absolute Gasteiger partial charge is 0.243 e. The molecule has 2 heterocycles. The number of hydrogen-bond acceptors (Lipinski definition) is 16. The first-order valence-electron chi connectivity index (χ1n) is 21.6. The first-order valence-corrected chi connectivity index (χ1v) is 24.6. The molecule has 0 unspecified atom stereocenters. The number of aromatic nitrogens is 4. The van der Waals surface area contributed by atoms with Gasteiger partial charge in [0.1, 0.15) is 22.9 Å². The van der Waals surface area contributed by atoms with Crippen LogP contribution >= 0.6 is 0 Å². The second-order valence-electron chi connectivity index (χ2n) is 16.1. The van der Waals surface area contributed by atoms with Crippen molar-refractivity contribution in [2.45, 2.75) is 90.2 Å². The Bertz CT molecular complexity index is 2740. The summed E-state index contributed by atoms with van der Waals surface area (Å²) >= 11 is 0. The number of aryl methyl sites for hydroxylation is 4. The topological polar surface area (TPSA) is 277 Å². The maximum Gasteiger partial charge on any atom is 0.243 e. The van der Waals surface area contributed by atoms with Gasteiger partial charge in [-0.1, -0.05) is 35.4 Å². The Morgan fingerprint density at radius 1 is 0.551 bits per heavy atom. The third kappa shape index (κ3) is 15.5. The van der Waals surface area contributed by atoms with Crippen LogP contribution in [-0.4, -0.2) is 95.3 Å². The molecule has 0 aliphatic heterocycles. The molecule has 0 saturated carbocycles. The number of hydrogen-bond donors (Lipinski definition) is 6. The molecule has 2 aromatic heterocycles. The molecule has 0 saturated heterocycles. The van der Waals surface area contributed by atoms with E-state index in [0.29, 0.717) is 48.8 Å². The molecule has 0 bridgehead atoms. The Labute approximate surface area is 412 Å². The first kappa shape index (κ1) is 55.5. The van der Waals surface area contributed by atoms with E-state index in [4.69, 9.17) is 9.47 Å². The van der Waals surface area contributed by atoms with Gasteiger partial charge >= 0.3 is 0 Å². The SMILES string of the molecule is Cc1ccc(-n2nc(C)c(N=Nc3cc(S(=O)(=O)NCCCOC(C)C)ccc3O)c2O)cc1.Cc1ccc(-n2nc(C)c(N=Nc3cc(S(=O)(=O)NCCCOC(C)C)ccc3O)c2O)cc1.[Co]. The molecule has 4 aromatic carbocycles. The summed E-state index contributed by atoms with van der Waals surface area (Å²) < 4.78 is 68.9. The molecule has 0 aliphatic rings. The summed E-state index contributed by atoms with van der Waals surface area (Å²) in [5, 5.41) is 66.1. The molecule has 6 aromatic rings. The minimum Gasteiger partial charge on any atom is -0.506 e. The monoisotopic (exact) mass is 1030 g/mol. The maximum absolute atomic E-state index is 12.6. The minimum absolute atomic E-state index is 0. The van der Waals surface area contributed by atoms with Gasteiger partial charge in [0, 0.05) is 43.1 Å². The van der Waals surface area contributed by atoms with E-state index in [-0.39, 0.29) is 97.9 Å². The Kier molecular flexibility index (Phi) is 20.1. The Balaban J connectivity index is 0.000000296. The van der Waals surface area contributed by atoms with E-state index in [1.165, 1.54) is 45.8 Å². The molecule has 373 valence electrons. The maximum atomic E-state index is 12.6. The zero-order valence-corrected chi connectivity index (χ0v) is 42.1. The van der Waals surface area contributed by atoms with Gasteiger partial charge < -0.3 is 29.9 Å². The quantitative estimate of drug-likeness (QED) is 0.0309. The van der Waals surface area contributed by atoms with Crippen molar-refractivity contribution in [3.05, 3.63) is 107 Å². The van der Waals surface area contributed by atoms with Gasteiger partial charge in [0.2, 0.25) is 31.8 Å². The predicted molar refractivity (Wildman–Crippen MR) is 256 cm³/mol. The molecule has 0 fully saturated rings. The van der Waals surface area contributed by atoms with Crippen LogP contribution in [0.4, 0.5) is 22.7 Å². The number of nitrogens with zero attached hydrogens (tertiary/aromatic N) is 8. The molecule has 6 rings (SSSR count). The zero-order chi connectivity index (χ0) is 49.8. The normalized spacial score (nSPS) is 12.0. The third-order valence-corrected chi connectivity index (χ3v) is 12.6. The molecule has 1 radical (unpaired) electrons. The number of aromatic hydroxyl groups is 4. The largest absolute Gasteiger partial charge is 0.506 e. The summed E-state index contributed by atoms with van der Waals surface area (Å²) in [6.07, 6.45) is 1.19. The van der Waals surface area contributed by atoms with Crippen LogP contribution in [0.2, 0.25) is 0 Å². The molecular formula is C46H58CoN10O10S2. The Morgan fingerprint density at radius 2 is 0.899 bits per heavy atom. The number of benzene rings is 4. The molecular weight excluding hydrogens is 976 g/mol. The van der Waals surface area contributed by atoms with E-state index >= 15 is 0 Å². The average Bonchev–Trinajstić information content (AvgIpc) is 3.73. The van der Waals surface area contributed by atoms with Gasteiger partial charge in [-0.25, -0.2) is 26.3 Å². The fourth-order valence-electron chi connectivity index (χ4n) is 6.05. The fraction of sp³-hybridized carbons (Fsp3) is 0.348. The summed E-state index contributed by atoms with van der Waals surface area (Å²) in [6, 6.07) is 22.2. The van der Waals surface area contributed by atoms with Gasteiger partial charge in [0.25, 0.3) is 0 Å². The van der Waals surface area contributed by atoms with Crippen LogP contribution in [0.3, 0.4) is 0 Å². The third-order valence-electron chi connectivity index (χ3n) is 9.73. The van der Waals surface area contributed by atoms with E-state index in [1.54, 1.807) is 13.8 Å². The minimum atomic E-state index is -3.82. The van der Waals surface area contributed by atoms with Gasteiger partial charge in [-0.15, -0.1) is 20.5 Å². The summed E-state index contributed by atoms with van der Waals surface area (Å²) in [7, 11) is -7.64. The van der Waals surface area contributed by atoms with E-state index < -0.39 is 20.0 Å². The average molecular weight is 1030 g/mol. The van der Waals surface area contributed by atoms with Crippen LogP contribution in [0, 0.1) is 27.7 Å². The molecule has 23 heteroatoms. The van der Waals surface area contributed by atoms with Crippen molar-refractivity contribution in [3.63, 3.8) is 0 Å². The summed E-state index contributed by atoms with van der Waals surface area (Å²) in [5.74, 6) is -0.954. The van der Waals surface area contributed by atoms with E-state index in [0.717, 1.165) is 11.1 Å². The summed E-state index contributed by atoms with van der Waals surface area (Å²) in [5.41, 5.74) is 4.34. The van der Waals surface area contributed by atoms with Crippen molar-refractivity contribution in [2.24, 2.45) is 20.5 Å². The van der Waals surface area contributed by atoms with E-state index in [2.05, 4.69) is 40.1 Å². The molecule has 0 aliphatic carbocycles. The van der Waals surface area contributed by atoms with Crippen molar-refractivity contribution < 1.29 is 63.5 Å². The number of phenols is 2. The molecule has 69 heavy (non-hydrogen) atoms. The van der Waals surface area contributed by atoms with Gasteiger partial charge in [-0.2, -0.15) is 19.6 Å². The van der Waals surface area contributed by atoms with Crippen LogP contribution in [-0.2, 0) is 46.3 Å². The second-order valence-corrected chi connectivity index (χ2v) is 19.6. The van der Waals surface area contributed by atoms with Crippen molar-refractivity contribution in [1.82, 2.24) is 29.0 Å². The summed E-state index contributed by atoms with van der Waals surface area (Å²) in [6.45, 7) is 16.1. The van der Waals surface area contributed by atoms with Crippen molar-refractivity contribution in [3.8, 4) is 34.6 Å². The van der Waals surface area contributed by atoms with Crippen LogP contribution < -0.4 is 9.44 Å². The number of nitrogens with one attached hydrogen (secondary N) is 2. The van der Waals surface area contributed by atoms with E-state index in [9.17, 15) is 37.3 Å². The number of phenolic OH excluding ortho intramolecular Hbond substituents is 2. The van der Waals surface area contributed by atoms with Crippen molar-refractivity contribution >= 4 is 42.8 Å². The van der Waals surface area contributed by atoms with Crippen LogP contribution in [0.25, 0.3) is 11.4 Å². The zero-order valence-electron chi connectivity index (χ0n) is 39.4. The first-order chi connectivity index (χ1) is 32.2. The molecule has 0 spiro atoms. The molecule has 20 nitrogen and oxygen atoms in total. The van der Waals surface area contributed by atoms with Crippen molar-refractivity contribution in [2.75, 3.05) is 26.3 Å². The van der Waals surface area contributed by atoms with E-state index in [1.807, 2.05) is 90.1 Å². The number of azo groups is 2. The molecule has 0 amide bonds. The fourth-order valence-corrected chi connectivity index (χ4v) is 8.24. The summed E-state index contributed by atoms with van der Waals surface area (Å²) in [4.78, 5) is -0.138. The van der Waals surface area contributed by atoms with Gasteiger partial charge in [-0.05, 0) is 129 Å². The molecule has 0 atom stereocenters. The number of rotatable bonds is 20. The van der Waals surface area contributed by atoms with Gasteiger partial charge in [0.05, 0.1) is 44.8 Å². The van der Waals surface area contributed by atoms with Gasteiger partial charge in [-0.3, -0.25) is 0 Å². The van der Waals surface area contributed by atoms with Crippen LogP contribution in [0.5, 0.6) is 23.3 Å².